The maximum Gasteiger partial charge on any atom is 0.264 e. The molecule has 5 nitrogen and oxygen atoms in total. The highest BCUT2D eigenvalue weighted by Gasteiger charge is 2.21. The summed E-state index contributed by atoms with van der Waals surface area (Å²) >= 11 is 6.16. The van der Waals surface area contributed by atoms with E-state index in [0.717, 1.165) is 11.1 Å². The number of aryl methyl sites for hydroxylation is 2. The van der Waals surface area contributed by atoms with Crippen LogP contribution in [0.2, 0.25) is 5.02 Å². The van der Waals surface area contributed by atoms with Crippen molar-refractivity contribution in [2.24, 2.45) is 0 Å². The van der Waals surface area contributed by atoms with E-state index >= 15 is 0 Å². The van der Waals surface area contributed by atoms with Crippen LogP contribution < -0.4 is 9.62 Å². The third-order valence-electron chi connectivity index (χ3n) is 4.55. The first kappa shape index (κ1) is 20.9. The van der Waals surface area contributed by atoms with Gasteiger partial charge in [0.2, 0.25) is 0 Å². The fourth-order valence-electron chi connectivity index (χ4n) is 2.75. The second-order valence-electron chi connectivity index (χ2n) is 6.77. The molecule has 3 rings (SSSR count). The van der Waals surface area contributed by atoms with Crippen molar-refractivity contribution in [3.63, 3.8) is 0 Å². The van der Waals surface area contributed by atoms with Crippen molar-refractivity contribution in [1.82, 2.24) is 0 Å². The minimum atomic E-state index is -3.68. The highest BCUT2D eigenvalue weighted by atomic mass is 35.5. The van der Waals surface area contributed by atoms with E-state index in [1.54, 1.807) is 60.7 Å². The van der Waals surface area contributed by atoms with Crippen LogP contribution in [0.4, 0.5) is 11.4 Å². The van der Waals surface area contributed by atoms with Gasteiger partial charge in [-0.2, -0.15) is 0 Å². The number of carbonyl (C=O) groups is 1. The van der Waals surface area contributed by atoms with E-state index in [0.29, 0.717) is 22.0 Å². The van der Waals surface area contributed by atoms with Crippen LogP contribution in [0.1, 0.15) is 21.5 Å². The Morgan fingerprint density at radius 1 is 0.897 bits per heavy atom. The van der Waals surface area contributed by atoms with Gasteiger partial charge in [0.1, 0.15) is 0 Å². The number of benzene rings is 3. The smallest absolute Gasteiger partial charge is 0.264 e. The van der Waals surface area contributed by atoms with Gasteiger partial charge in [-0.05, 0) is 67.9 Å². The number of sulfonamides is 1. The third kappa shape index (κ3) is 4.60. The van der Waals surface area contributed by atoms with E-state index < -0.39 is 10.0 Å². The van der Waals surface area contributed by atoms with Crippen molar-refractivity contribution < 1.29 is 13.2 Å². The lowest BCUT2D eigenvalue weighted by molar-refractivity contribution is 0.102. The minimum absolute atomic E-state index is 0.210. The largest absolute Gasteiger partial charge is 0.321 e. The molecule has 1 N–H and O–H groups in total. The van der Waals surface area contributed by atoms with Crippen LogP contribution >= 0.6 is 11.6 Å². The number of hydrogen-bond donors (Lipinski definition) is 1. The summed E-state index contributed by atoms with van der Waals surface area (Å²) in [5.74, 6) is -0.327. The number of nitrogens with zero attached hydrogens (tertiary/aromatic N) is 1. The van der Waals surface area contributed by atoms with Gasteiger partial charge < -0.3 is 5.32 Å². The first-order chi connectivity index (χ1) is 13.7. The lowest BCUT2D eigenvalue weighted by Crippen LogP contribution is -2.26. The summed E-state index contributed by atoms with van der Waals surface area (Å²) in [6.45, 7) is 3.81. The van der Waals surface area contributed by atoms with E-state index in [1.165, 1.54) is 11.4 Å². The van der Waals surface area contributed by atoms with Gasteiger partial charge in [-0.3, -0.25) is 9.10 Å². The van der Waals surface area contributed by atoms with Gasteiger partial charge in [-0.25, -0.2) is 8.42 Å². The molecule has 1 amide bonds. The van der Waals surface area contributed by atoms with E-state index in [-0.39, 0.29) is 10.8 Å². The standard InChI is InChI=1S/C22H21ClN2O3S/c1-15-4-11-19(12-5-15)29(27,28)25(3)18-9-7-17(8-10-18)22(26)24-21-13-6-16(2)14-20(21)23/h4-14H,1-3H3,(H,24,26). The summed E-state index contributed by atoms with van der Waals surface area (Å²) < 4.78 is 26.8. The third-order valence-corrected chi connectivity index (χ3v) is 6.66. The summed E-state index contributed by atoms with van der Waals surface area (Å²) in [6.07, 6.45) is 0. The summed E-state index contributed by atoms with van der Waals surface area (Å²) in [5.41, 5.74) is 3.35. The number of anilines is 2. The predicted molar refractivity (Wildman–Crippen MR) is 117 cm³/mol. The summed E-state index contributed by atoms with van der Waals surface area (Å²) in [4.78, 5) is 12.7. The Bertz CT molecular complexity index is 1140. The summed E-state index contributed by atoms with van der Waals surface area (Å²) in [5, 5.41) is 3.22. The van der Waals surface area contributed by atoms with Gasteiger partial charge in [0, 0.05) is 12.6 Å². The van der Waals surface area contributed by atoms with Crippen molar-refractivity contribution in [3.05, 3.63) is 88.4 Å². The molecular weight excluding hydrogens is 408 g/mol. The molecule has 29 heavy (non-hydrogen) atoms. The van der Waals surface area contributed by atoms with Crippen LogP contribution in [0, 0.1) is 13.8 Å². The molecule has 0 radical (unpaired) electrons. The topological polar surface area (TPSA) is 66.5 Å². The van der Waals surface area contributed by atoms with E-state index in [9.17, 15) is 13.2 Å². The number of amides is 1. The molecule has 0 aliphatic carbocycles. The average Bonchev–Trinajstić information content (AvgIpc) is 2.70. The first-order valence-corrected chi connectivity index (χ1v) is 10.7. The number of hydrogen-bond acceptors (Lipinski definition) is 3. The van der Waals surface area contributed by atoms with Gasteiger partial charge in [0.25, 0.3) is 15.9 Å². The van der Waals surface area contributed by atoms with Crippen LogP contribution in [0.3, 0.4) is 0 Å². The lowest BCUT2D eigenvalue weighted by Gasteiger charge is -2.20. The summed E-state index contributed by atoms with van der Waals surface area (Å²) in [6, 6.07) is 18.4. The molecule has 3 aromatic carbocycles. The van der Waals surface area contributed by atoms with Crippen molar-refractivity contribution in [3.8, 4) is 0 Å². The first-order valence-electron chi connectivity index (χ1n) is 8.91. The Balaban J connectivity index is 1.78. The van der Waals surface area contributed by atoms with Crippen LogP contribution in [0.5, 0.6) is 0 Å². The monoisotopic (exact) mass is 428 g/mol. The number of halogens is 1. The molecule has 0 fully saturated rings. The number of nitrogens with one attached hydrogen (secondary N) is 1. The number of rotatable bonds is 5. The van der Waals surface area contributed by atoms with Crippen molar-refractivity contribution in [1.29, 1.82) is 0 Å². The molecular formula is C22H21ClN2O3S. The molecule has 3 aromatic rings. The Kier molecular flexibility index (Phi) is 5.96. The zero-order chi connectivity index (χ0) is 21.2. The van der Waals surface area contributed by atoms with Crippen LogP contribution in [0.25, 0.3) is 0 Å². The molecule has 150 valence electrons. The highest BCUT2D eigenvalue weighted by molar-refractivity contribution is 7.92. The quantitative estimate of drug-likeness (QED) is 0.619. The van der Waals surface area contributed by atoms with Gasteiger partial charge in [-0.15, -0.1) is 0 Å². The Morgan fingerprint density at radius 3 is 2.07 bits per heavy atom. The van der Waals surface area contributed by atoms with Gasteiger partial charge in [-0.1, -0.05) is 35.4 Å². The van der Waals surface area contributed by atoms with Crippen LogP contribution in [-0.2, 0) is 10.0 Å². The normalized spacial score (nSPS) is 11.2. The molecule has 0 heterocycles. The SMILES string of the molecule is Cc1ccc(S(=O)(=O)N(C)c2ccc(C(=O)Nc3ccc(C)cc3Cl)cc2)cc1. The Labute approximate surface area is 176 Å². The molecule has 0 spiro atoms. The van der Waals surface area contributed by atoms with Crippen molar-refractivity contribution >= 4 is 38.9 Å². The Hall–Kier alpha value is -2.83. The second-order valence-corrected chi connectivity index (χ2v) is 9.15. The van der Waals surface area contributed by atoms with Crippen molar-refractivity contribution in [2.45, 2.75) is 18.7 Å². The molecule has 0 aliphatic rings. The average molecular weight is 429 g/mol. The molecule has 7 heteroatoms. The molecule has 0 saturated heterocycles. The zero-order valence-corrected chi connectivity index (χ0v) is 17.9. The molecule has 0 bridgehead atoms. The van der Waals surface area contributed by atoms with Crippen molar-refractivity contribution in [2.75, 3.05) is 16.7 Å². The van der Waals surface area contributed by atoms with Gasteiger partial charge >= 0.3 is 0 Å². The maximum atomic E-state index is 12.8. The predicted octanol–water partition coefficient (Wildman–Crippen LogP) is 5.03. The summed E-state index contributed by atoms with van der Waals surface area (Å²) in [7, 11) is -2.20. The minimum Gasteiger partial charge on any atom is -0.321 e. The fraction of sp³-hybridized carbons (Fsp3) is 0.136. The molecule has 0 aliphatic heterocycles. The highest BCUT2D eigenvalue weighted by Crippen LogP contribution is 2.25. The molecule has 0 atom stereocenters. The van der Waals surface area contributed by atoms with Crippen LogP contribution in [0.15, 0.2) is 71.6 Å². The molecule has 0 unspecified atom stereocenters. The fourth-order valence-corrected chi connectivity index (χ4v) is 4.22. The second kappa shape index (κ2) is 8.27. The maximum absolute atomic E-state index is 12.8. The van der Waals surface area contributed by atoms with Crippen LogP contribution in [-0.4, -0.2) is 21.4 Å². The zero-order valence-electron chi connectivity index (χ0n) is 16.3. The van der Waals surface area contributed by atoms with E-state index in [4.69, 9.17) is 11.6 Å². The molecule has 0 saturated carbocycles. The Morgan fingerprint density at radius 2 is 1.48 bits per heavy atom. The molecule has 0 aromatic heterocycles. The number of carbonyl (C=O) groups excluding carboxylic acids is 1. The van der Waals surface area contributed by atoms with Gasteiger partial charge in [0.15, 0.2) is 0 Å². The van der Waals surface area contributed by atoms with Gasteiger partial charge in [0.05, 0.1) is 21.3 Å². The van der Waals surface area contributed by atoms with E-state index in [2.05, 4.69) is 5.32 Å². The lowest BCUT2D eigenvalue weighted by atomic mass is 10.1. The van der Waals surface area contributed by atoms with E-state index in [1.807, 2.05) is 19.9 Å².